The van der Waals surface area contributed by atoms with E-state index in [-0.39, 0.29) is 5.57 Å². The molecule has 2 amide bonds. The van der Waals surface area contributed by atoms with E-state index in [0.717, 1.165) is 16.3 Å². The standard InChI is InChI=1S/C22H15NO4/c24-20(25)13-23-21(26)18-11-4-3-10-17(18)19(22(23)27)12-15-8-5-7-14-6-1-2-9-16(14)15/h1-12H,13H2,(H,24,25)/p-1/b19-12-. The number of carbonyl (C=O) groups excluding carboxylic acids is 3. The van der Waals surface area contributed by atoms with Gasteiger partial charge in [0, 0.05) is 11.1 Å². The Bertz CT molecular complexity index is 1120. The first-order valence-electron chi connectivity index (χ1n) is 8.41. The number of carbonyl (C=O) groups is 3. The van der Waals surface area contributed by atoms with Gasteiger partial charge in [-0.25, -0.2) is 0 Å². The third-order valence-corrected chi connectivity index (χ3v) is 4.58. The second-order valence-electron chi connectivity index (χ2n) is 6.24. The van der Waals surface area contributed by atoms with Crippen molar-refractivity contribution < 1.29 is 19.5 Å². The highest BCUT2D eigenvalue weighted by Crippen LogP contribution is 2.31. The lowest BCUT2D eigenvalue weighted by Crippen LogP contribution is -2.47. The molecule has 1 heterocycles. The molecule has 3 aromatic carbocycles. The summed E-state index contributed by atoms with van der Waals surface area (Å²) < 4.78 is 0. The molecule has 0 saturated carbocycles. The molecule has 0 bridgehead atoms. The van der Waals surface area contributed by atoms with Gasteiger partial charge in [0.15, 0.2) is 0 Å². The molecule has 0 aromatic heterocycles. The second kappa shape index (κ2) is 6.53. The number of rotatable bonds is 3. The van der Waals surface area contributed by atoms with Crippen LogP contribution in [0.15, 0.2) is 66.7 Å². The summed E-state index contributed by atoms with van der Waals surface area (Å²) in [5, 5.41) is 13.0. The van der Waals surface area contributed by atoms with E-state index in [0.29, 0.717) is 16.0 Å². The number of imide groups is 1. The lowest BCUT2D eigenvalue weighted by molar-refractivity contribution is -0.305. The van der Waals surface area contributed by atoms with Crippen molar-refractivity contribution >= 4 is 40.2 Å². The van der Waals surface area contributed by atoms with Crippen LogP contribution in [0.2, 0.25) is 0 Å². The lowest BCUT2D eigenvalue weighted by atomic mass is 9.91. The van der Waals surface area contributed by atoms with E-state index in [1.54, 1.807) is 30.3 Å². The highest BCUT2D eigenvalue weighted by molar-refractivity contribution is 6.34. The topological polar surface area (TPSA) is 77.5 Å². The molecule has 1 aliphatic rings. The van der Waals surface area contributed by atoms with Crippen LogP contribution >= 0.6 is 0 Å². The Morgan fingerprint density at radius 3 is 2.30 bits per heavy atom. The average Bonchev–Trinajstić information content (AvgIpc) is 2.68. The maximum atomic E-state index is 12.9. The number of hydrogen-bond acceptors (Lipinski definition) is 4. The zero-order chi connectivity index (χ0) is 19.0. The summed E-state index contributed by atoms with van der Waals surface area (Å²) in [5.41, 5.74) is 1.89. The zero-order valence-corrected chi connectivity index (χ0v) is 14.2. The van der Waals surface area contributed by atoms with Gasteiger partial charge in [-0.1, -0.05) is 60.7 Å². The summed E-state index contributed by atoms with van der Waals surface area (Å²) in [6.07, 6.45) is 1.71. The molecular formula is C22H14NO4-. The second-order valence-corrected chi connectivity index (χ2v) is 6.24. The van der Waals surface area contributed by atoms with Crippen molar-refractivity contribution in [3.63, 3.8) is 0 Å². The molecule has 3 aromatic rings. The molecule has 27 heavy (non-hydrogen) atoms. The van der Waals surface area contributed by atoms with Gasteiger partial charge in [-0.3, -0.25) is 14.5 Å². The van der Waals surface area contributed by atoms with Crippen LogP contribution in [0.3, 0.4) is 0 Å². The molecule has 0 radical (unpaired) electrons. The maximum Gasteiger partial charge on any atom is 0.261 e. The van der Waals surface area contributed by atoms with E-state index in [4.69, 9.17) is 0 Å². The molecule has 0 atom stereocenters. The Balaban J connectivity index is 1.93. The Labute approximate surface area is 155 Å². The third kappa shape index (κ3) is 2.89. The van der Waals surface area contributed by atoms with Gasteiger partial charge in [-0.05, 0) is 34.0 Å². The number of carboxylic acid groups (broad SMARTS) is 1. The van der Waals surface area contributed by atoms with Crippen LogP contribution in [0, 0.1) is 0 Å². The average molecular weight is 356 g/mol. The Morgan fingerprint density at radius 1 is 0.852 bits per heavy atom. The molecule has 4 rings (SSSR count). The number of benzene rings is 3. The summed E-state index contributed by atoms with van der Waals surface area (Å²) >= 11 is 0. The summed E-state index contributed by atoms with van der Waals surface area (Å²) in [6, 6.07) is 20.2. The predicted molar refractivity (Wildman–Crippen MR) is 99.3 cm³/mol. The molecule has 5 nitrogen and oxygen atoms in total. The summed E-state index contributed by atoms with van der Waals surface area (Å²) in [4.78, 5) is 37.2. The number of hydrogen-bond donors (Lipinski definition) is 0. The normalized spacial score (nSPS) is 15.3. The quantitative estimate of drug-likeness (QED) is 0.532. The van der Waals surface area contributed by atoms with Crippen molar-refractivity contribution in [3.05, 3.63) is 83.4 Å². The zero-order valence-electron chi connectivity index (χ0n) is 14.2. The monoisotopic (exact) mass is 356 g/mol. The van der Waals surface area contributed by atoms with E-state index >= 15 is 0 Å². The van der Waals surface area contributed by atoms with Crippen molar-refractivity contribution in [2.45, 2.75) is 0 Å². The van der Waals surface area contributed by atoms with Gasteiger partial charge in [0.2, 0.25) is 0 Å². The van der Waals surface area contributed by atoms with Crippen LogP contribution in [0.1, 0.15) is 21.5 Å². The largest absolute Gasteiger partial charge is 0.548 e. The molecule has 0 spiro atoms. The first-order valence-corrected chi connectivity index (χ1v) is 8.41. The first kappa shape index (κ1) is 16.7. The number of nitrogens with zero attached hydrogens (tertiary/aromatic N) is 1. The fourth-order valence-corrected chi connectivity index (χ4v) is 3.35. The van der Waals surface area contributed by atoms with Crippen LogP contribution in [-0.2, 0) is 9.59 Å². The van der Waals surface area contributed by atoms with Crippen molar-refractivity contribution in [1.82, 2.24) is 4.90 Å². The van der Waals surface area contributed by atoms with E-state index in [2.05, 4.69) is 0 Å². The number of aliphatic carboxylic acids is 1. The molecule has 132 valence electrons. The smallest absolute Gasteiger partial charge is 0.261 e. The van der Waals surface area contributed by atoms with Gasteiger partial charge < -0.3 is 9.90 Å². The van der Waals surface area contributed by atoms with Gasteiger partial charge in [-0.2, -0.15) is 0 Å². The van der Waals surface area contributed by atoms with Gasteiger partial charge in [0.25, 0.3) is 11.8 Å². The van der Waals surface area contributed by atoms with E-state index in [1.807, 2.05) is 42.5 Å². The lowest BCUT2D eigenvalue weighted by Gasteiger charge is -2.29. The third-order valence-electron chi connectivity index (χ3n) is 4.58. The maximum absolute atomic E-state index is 12.9. The molecule has 1 aliphatic heterocycles. The van der Waals surface area contributed by atoms with Crippen LogP contribution < -0.4 is 5.11 Å². The Morgan fingerprint density at radius 2 is 1.52 bits per heavy atom. The van der Waals surface area contributed by atoms with E-state index in [1.165, 1.54) is 0 Å². The van der Waals surface area contributed by atoms with Crippen molar-refractivity contribution in [1.29, 1.82) is 0 Å². The van der Waals surface area contributed by atoms with Gasteiger partial charge in [0.05, 0.1) is 12.5 Å². The Hall–Kier alpha value is -3.73. The number of carboxylic acids is 1. The minimum absolute atomic E-state index is 0.280. The van der Waals surface area contributed by atoms with Crippen LogP contribution in [0.5, 0.6) is 0 Å². The van der Waals surface area contributed by atoms with E-state index in [9.17, 15) is 19.5 Å². The van der Waals surface area contributed by atoms with Gasteiger partial charge >= 0.3 is 0 Å². The van der Waals surface area contributed by atoms with Crippen molar-refractivity contribution in [3.8, 4) is 0 Å². The number of amides is 2. The Kier molecular flexibility index (Phi) is 4.05. The molecule has 0 unspecified atom stereocenters. The highest BCUT2D eigenvalue weighted by Gasteiger charge is 2.34. The predicted octanol–water partition coefficient (Wildman–Crippen LogP) is 2.11. The van der Waals surface area contributed by atoms with Crippen molar-refractivity contribution in [2.75, 3.05) is 6.54 Å². The molecule has 0 saturated heterocycles. The van der Waals surface area contributed by atoms with Crippen molar-refractivity contribution in [2.24, 2.45) is 0 Å². The van der Waals surface area contributed by atoms with Crippen LogP contribution in [0.4, 0.5) is 0 Å². The molecular weight excluding hydrogens is 342 g/mol. The fourth-order valence-electron chi connectivity index (χ4n) is 3.35. The summed E-state index contributed by atoms with van der Waals surface area (Å²) in [6.45, 7) is -0.779. The molecule has 5 heteroatoms. The van der Waals surface area contributed by atoms with Crippen LogP contribution in [0.25, 0.3) is 22.4 Å². The first-order chi connectivity index (χ1) is 13.1. The van der Waals surface area contributed by atoms with Crippen LogP contribution in [-0.4, -0.2) is 29.2 Å². The minimum Gasteiger partial charge on any atom is -0.548 e. The summed E-state index contributed by atoms with van der Waals surface area (Å²) in [7, 11) is 0. The molecule has 0 aliphatic carbocycles. The SMILES string of the molecule is O=C([O-])CN1C(=O)/C(=C\c2cccc3ccccc23)c2ccccc2C1=O. The van der Waals surface area contributed by atoms with E-state index < -0.39 is 24.3 Å². The minimum atomic E-state index is -1.49. The molecule has 0 N–H and O–H groups in total. The van der Waals surface area contributed by atoms with Gasteiger partial charge in [0.1, 0.15) is 0 Å². The fraction of sp³-hybridized carbons (Fsp3) is 0.0455. The van der Waals surface area contributed by atoms with Gasteiger partial charge in [-0.15, -0.1) is 0 Å². The highest BCUT2D eigenvalue weighted by atomic mass is 16.4. The summed E-state index contributed by atoms with van der Waals surface area (Å²) in [5.74, 6) is -2.76. The number of fused-ring (bicyclic) bond motifs is 2. The molecule has 0 fully saturated rings.